The van der Waals surface area contributed by atoms with Gasteiger partial charge in [0.15, 0.2) is 0 Å². The summed E-state index contributed by atoms with van der Waals surface area (Å²) in [6.45, 7) is 6.72. The topological polar surface area (TPSA) is 18.5 Å². The predicted octanol–water partition coefficient (Wildman–Crippen LogP) is 5.20. The lowest BCUT2D eigenvalue weighted by molar-refractivity contribution is -0.0207. The summed E-state index contributed by atoms with van der Waals surface area (Å²) < 4.78 is 11.3. The first-order chi connectivity index (χ1) is 10.3. The average Bonchev–Trinajstić information content (AvgIpc) is 2.53. The summed E-state index contributed by atoms with van der Waals surface area (Å²) >= 11 is 0. The van der Waals surface area contributed by atoms with Gasteiger partial charge in [0.1, 0.15) is 0 Å². The molecule has 0 heterocycles. The number of rotatable bonds is 8. The molecule has 0 atom stereocenters. The van der Waals surface area contributed by atoms with Crippen molar-refractivity contribution in [3.05, 3.63) is 0 Å². The minimum Gasteiger partial charge on any atom is -0.379 e. The highest BCUT2D eigenvalue weighted by atomic mass is 16.5. The zero-order chi connectivity index (χ0) is 14.9. The van der Waals surface area contributed by atoms with Crippen molar-refractivity contribution in [3.8, 4) is 0 Å². The van der Waals surface area contributed by atoms with Crippen molar-refractivity contribution >= 4 is 0 Å². The van der Waals surface area contributed by atoms with Crippen LogP contribution in [-0.2, 0) is 9.47 Å². The van der Waals surface area contributed by atoms with E-state index in [2.05, 4.69) is 6.92 Å². The fourth-order valence-corrected chi connectivity index (χ4v) is 4.50. The molecule has 2 fully saturated rings. The molecule has 0 aromatic heterocycles. The van der Waals surface area contributed by atoms with E-state index in [1.165, 1.54) is 64.2 Å². The van der Waals surface area contributed by atoms with Gasteiger partial charge in [0.05, 0.1) is 19.3 Å². The Hall–Kier alpha value is -0.0800. The van der Waals surface area contributed by atoms with Crippen LogP contribution in [0.15, 0.2) is 0 Å². The lowest BCUT2D eigenvalue weighted by Gasteiger charge is -2.37. The molecule has 0 N–H and O–H groups in total. The highest BCUT2D eigenvalue weighted by Crippen LogP contribution is 2.41. The van der Waals surface area contributed by atoms with Crippen molar-refractivity contribution in [2.45, 2.75) is 84.2 Å². The molecule has 0 aromatic rings. The second kappa shape index (κ2) is 9.84. The summed E-state index contributed by atoms with van der Waals surface area (Å²) in [7, 11) is 0. The molecule has 0 unspecified atom stereocenters. The van der Waals surface area contributed by atoms with Crippen LogP contribution in [0.2, 0.25) is 0 Å². The maximum absolute atomic E-state index is 5.94. The second-order valence-corrected chi connectivity index (χ2v) is 7.17. The molecule has 0 radical (unpaired) electrons. The highest BCUT2D eigenvalue weighted by Gasteiger charge is 2.30. The predicted molar refractivity (Wildman–Crippen MR) is 88.5 cm³/mol. The molecule has 2 aliphatic rings. The smallest absolute Gasteiger partial charge is 0.0704 e. The molecule has 21 heavy (non-hydrogen) atoms. The van der Waals surface area contributed by atoms with Crippen LogP contribution in [0.5, 0.6) is 0 Å². The van der Waals surface area contributed by atoms with Crippen LogP contribution >= 0.6 is 0 Å². The van der Waals surface area contributed by atoms with Crippen molar-refractivity contribution in [1.82, 2.24) is 0 Å². The molecule has 0 spiro atoms. The molecule has 2 saturated carbocycles. The van der Waals surface area contributed by atoms with Crippen molar-refractivity contribution in [1.29, 1.82) is 0 Å². The van der Waals surface area contributed by atoms with Gasteiger partial charge in [0.2, 0.25) is 0 Å². The molecule has 2 rings (SSSR count). The molecule has 0 bridgehead atoms. The summed E-state index contributed by atoms with van der Waals surface area (Å²) in [5, 5.41) is 0. The fraction of sp³-hybridized carbons (Fsp3) is 1.00. The molecule has 2 nitrogen and oxygen atoms in total. The Labute approximate surface area is 132 Å². The van der Waals surface area contributed by atoms with Gasteiger partial charge in [-0.15, -0.1) is 0 Å². The van der Waals surface area contributed by atoms with Gasteiger partial charge in [-0.25, -0.2) is 0 Å². The number of hydrogen-bond donors (Lipinski definition) is 0. The first kappa shape index (κ1) is 17.3. The standard InChI is InChI=1S/C19H36O2/c1-3-5-16-6-8-17(9-7-16)18-10-12-19(13-11-18)21-15-14-20-4-2/h16-19H,3-15H2,1-2H3. The van der Waals surface area contributed by atoms with Crippen molar-refractivity contribution in [2.75, 3.05) is 19.8 Å². The maximum atomic E-state index is 5.94. The molecular formula is C19H36O2. The van der Waals surface area contributed by atoms with E-state index in [0.29, 0.717) is 6.10 Å². The van der Waals surface area contributed by atoms with Crippen LogP contribution < -0.4 is 0 Å². The van der Waals surface area contributed by atoms with Crippen LogP contribution in [0.1, 0.15) is 78.1 Å². The van der Waals surface area contributed by atoms with Crippen molar-refractivity contribution < 1.29 is 9.47 Å². The number of hydrogen-bond acceptors (Lipinski definition) is 2. The van der Waals surface area contributed by atoms with Gasteiger partial charge in [-0.1, -0.05) is 32.6 Å². The van der Waals surface area contributed by atoms with Crippen LogP contribution in [0.25, 0.3) is 0 Å². The number of ether oxygens (including phenoxy) is 2. The lowest BCUT2D eigenvalue weighted by atomic mass is 9.70. The molecule has 2 heteroatoms. The van der Waals surface area contributed by atoms with E-state index in [4.69, 9.17) is 9.47 Å². The van der Waals surface area contributed by atoms with Crippen molar-refractivity contribution in [3.63, 3.8) is 0 Å². The van der Waals surface area contributed by atoms with Crippen LogP contribution in [0, 0.1) is 17.8 Å². The first-order valence-electron chi connectivity index (χ1n) is 9.52. The fourth-order valence-electron chi connectivity index (χ4n) is 4.50. The Morgan fingerprint density at radius 1 is 0.762 bits per heavy atom. The molecule has 0 aliphatic heterocycles. The summed E-state index contributed by atoms with van der Waals surface area (Å²) in [5.41, 5.74) is 0. The van der Waals surface area contributed by atoms with Gasteiger partial charge in [-0.3, -0.25) is 0 Å². The van der Waals surface area contributed by atoms with Gasteiger partial charge in [-0.2, -0.15) is 0 Å². The minimum atomic E-state index is 0.512. The van der Waals surface area contributed by atoms with E-state index in [9.17, 15) is 0 Å². The van der Waals surface area contributed by atoms with Crippen molar-refractivity contribution in [2.24, 2.45) is 17.8 Å². The third kappa shape index (κ3) is 5.90. The summed E-state index contributed by atoms with van der Waals surface area (Å²) in [4.78, 5) is 0. The molecule has 0 aromatic carbocycles. The highest BCUT2D eigenvalue weighted by molar-refractivity contribution is 4.82. The quantitative estimate of drug-likeness (QED) is 0.573. The Morgan fingerprint density at radius 3 is 1.95 bits per heavy atom. The van der Waals surface area contributed by atoms with Gasteiger partial charge < -0.3 is 9.47 Å². The Kier molecular flexibility index (Phi) is 8.10. The molecule has 2 aliphatic carbocycles. The lowest BCUT2D eigenvalue weighted by Crippen LogP contribution is -2.29. The Bertz CT molecular complexity index is 250. The van der Waals surface area contributed by atoms with E-state index in [-0.39, 0.29) is 0 Å². The average molecular weight is 296 g/mol. The molecular weight excluding hydrogens is 260 g/mol. The third-order valence-corrected chi connectivity index (χ3v) is 5.76. The van der Waals surface area contributed by atoms with Crippen LogP contribution in [0.3, 0.4) is 0 Å². The summed E-state index contributed by atoms with van der Waals surface area (Å²) in [6, 6.07) is 0. The van der Waals surface area contributed by atoms with Gasteiger partial charge >= 0.3 is 0 Å². The van der Waals surface area contributed by atoms with Crippen LogP contribution in [0.4, 0.5) is 0 Å². The summed E-state index contributed by atoms with van der Waals surface area (Å²) in [6.07, 6.45) is 14.7. The van der Waals surface area contributed by atoms with E-state index in [1.807, 2.05) is 6.92 Å². The molecule has 124 valence electrons. The van der Waals surface area contributed by atoms with Crippen LogP contribution in [-0.4, -0.2) is 25.9 Å². The van der Waals surface area contributed by atoms with Gasteiger partial charge in [-0.05, 0) is 63.2 Å². The summed E-state index contributed by atoms with van der Waals surface area (Å²) in [5.74, 6) is 3.08. The second-order valence-electron chi connectivity index (χ2n) is 7.17. The van der Waals surface area contributed by atoms with E-state index in [1.54, 1.807) is 0 Å². The van der Waals surface area contributed by atoms with E-state index in [0.717, 1.165) is 37.6 Å². The maximum Gasteiger partial charge on any atom is 0.0704 e. The molecule has 0 amide bonds. The Balaban J connectivity index is 1.59. The van der Waals surface area contributed by atoms with E-state index < -0.39 is 0 Å². The van der Waals surface area contributed by atoms with E-state index >= 15 is 0 Å². The third-order valence-electron chi connectivity index (χ3n) is 5.76. The van der Waals surface area contributed by atoms with Gasteiger partial charge in [0.25, 0.3) is 0 Å². The minimum absolute atomic E-state index is 0.512. The Morgan fingerprint density at radius 2 is 1.38 bits per heavy atom. The van der Waals surface area contributed by atoms with Gasteiger partial charge in [0, 0.05) is 6.61 Å². The monoisotopic (exact) mass is 296 g/mol. The molecule has 0 saturated heterocycles. The first-order valence-corrected chi connectivity index (χ1v) is 9.52. The zero-order valence-corrected chi connectivity index (χ0v) is 14.3. The zero-order valence-electron chi connectivity index (χ0n) is 14.3. The SMILES string of the molecule is CCCC1CCC(C2CCC(OCCOCC)CC2)CC1. The largest absolute Gasteiger partial charge is 0.379 e. The normalized spacial score (nSPS) is 34.0.